The van der Waals surface area contributed by atoms with Crippen molar-refractivity contribution >= 4 is 34.3 Å². The predicted molar refractivity (Wildman–Crippen MR) is 90.3 cm³/mol. The second-order valence-corrected chi connectivity index (χ2v) is 6.29. The molecule has 0 spiro atoms. The topological polar surface area (TPSA) is 54.9 Å². The van der Waals surface area contributed by atoms with E-state index in [0.717, 1.165) is 23.9 Å². The van der Waals surface area contributed by atoms with Crippen LogP contribution in [-0.2, 0) is 11.0 Å². The third kappa shape index (κ3) is 4.51. The number of nitrogens with one attached hydrogen (secondary N) is 1. The third-order valence-corrected chi connectivity index (χ3v) is 4.36. The molecule has 0 atom stereocenters. The quantitative estimate of drug-likeness (QED) is 0.394. The number of fused-ring (bicyclic) bond motifs is 1. The molecule has 140 valence electrons. The van der Waals surface area contributed by atoms with E-state index in [9.17, 15) is 26.7 Å². The van der Waals surface area contributed by atoms with Crippen molar-refractivity contribution in [3.63, 3.8) is 0 Å². The molecule has 3 rings (SSSR count). The zero-order valence-corrected chi connectivity index (χ0v) is 14.2. The number of hydrogen-bond donors (Lipinski definition) is 1. The minimum absolute atomic E-state index is 0.0253. The van der Waals surface area contributed by atoms with Crippen LogP contribution in [0.3, 0.4) is 0 Å². The van der Waals surface area contributed by atoms with Gasteiger partial charge in [-0.2, -0.15) is 13.2 Å². The van der Waals surface area contributed by atoms with E-state index in [1.165, 1.54) is 18.2 Å². The van der Waals surface area contributed by atoms with Crippen LogP contribution in [0.2, 0.25) is 0 Å². The summed E-state index contributed by atoms with van der Waals surface area (Å²) in [5.74, 6) is -4.07. The van der Waals surface area contributed by atoms with Gasteiger partial charge in [0.05, 0.1) is 17.0 Å². The van der Waals surface area contributed by atoms with E-state index in [1.54, 1.807) is 6.07 Å². The first-order valence-electron chi connectivity index (χ1n) is 7.46. The van der Waals surface area contributed by atoms with Gasteiger partial charge in [-0.05, 0) is 18.2 Å². The van der Waals surface area contributed by atoms with E-state index in [1.807, 2.05) is 0 Å². The molecule has 0 bridgehead atoms. The van der Waals surface area contributed by atoms with Gasteiger partial charge in [0.1, 0.15) is 16.7 Å². The number of aromatic nitrogens is 2. The number of rotatable bonds is 4. The van der Waals surface area contributed by atoms with Crippen molar-refractivity contribution in [1.82, 2.24) is 9.97 Å². The Balaban J connectivity index is 1.80. The zero-order valence-electron chi connectivity index (χ0n) is 13.3. The number of halogens is 5. The van der Waals surface area contributed by atoms with E-state index in [0.29, 0.717) is 11.5 Å². The number of alkyl halides is 3. The fourth-order valence-corrected chi connectivity index (χ4v) is 3.01. The van der Waals surface area contributed by atoms with E-state index in [-0.39, 0.29) is 22.0 Å². The molecule has 0 radical (unpaired) electrons. The van der Waals surface area contributed by atoms with Gasteiger partial charge in [-0.15, -0.1) is 0 Å². The molecule has 1 N–H and O–H groups in total. The molecule has 10 heteroatoms. The number of anilines is 1. The second kappa shape index (κ2) is 7.47. The molecule has 0 saturated carbocycles. The van der Waals surface area contributed by atoms with Crippen LogP contribution in [0.1, 0.15) is 5.82 Å². The highest BCUT2D eigenvalue weighted by Gasteiger charge is 2.35. The van der Waals surface area contributed by atoms with Crippen LogP contribution in [0, 0.1) is 11.6 Å². The summed E-state index contributed by atoms with van der Waals surface area (Å²) in [6, 6.07) is 8.72. The summed E-state index contributed by atoms with van der Waals surface area (Å²) in [6.07, 6.45) is -4.74. The lowest BCUT2D eigenvalue weighted by Gasteiger charge is -2.10. The lowest BCUT2D eigenvalue weighted by molar-refractivity contribution is -0.145. The summed E-state index contributed by atoms with van der Waals surface area (Å²) in [5.41, 5.74) is -0.141. The Morgan fingerprint density at radius 1 is 1.07 bits per heavy atom. The van der Waals surface area contributed by atoms with Gasteiger partial charge in [-0.25, -0.2) is 18.7 Å². The van der Waals surface area contributed by atoms with Gasteiger partial charge >= 0.3 is 6.18 Å². The lowest BCUT2D eigenvalue weighted by atomic mass is 10.2. The Bertz CT molecular complexity index is 1010. The Morgan fingerprint density at radius 2 is 1.81 bits per heavy atom. The molecule has 1 aromatic heterocycles. The molecule has 0 fully saturated rings. The molecule has 27 heavy (non-hydrogen) atoms. The number of para-hydroxylation sites is 1. The van der Waals surface area contributed by atoms with E-state index in [2.05, 4.69) is 15.3 Å². The average molecular weight is 399 g/mol. The van der Waals surface area contributed by atoms with E-state index >= 15 is 0 Å². The number of carbonyl (C=O) groups excluding carboxylic acids is 1. The van der Waals surface area contributed by atoms with Crippen molar-refractivity contribution < 1.29 is 26.7 Å². The summed E-state index contributed by atoms with van der Waals surface area (Å²) in [7, 11) is 0. The fraction of sp³-hybridized carbons (Fsp3) is 0.118. The van der Waals surface area contributed by atoms with Crippen LogP contribution in [-0.4, -0.2) is 21.6 Å². The highest BCUT2D eigenvalue weighted by atomic mass is 32.2. The molecule has 4 nitrogen and oxygen atoms in total. The Morgan fingerprint density at radius 3 is 2.52 bits per heavy atom. The van der Waals surface area contributed by atoms with Crippen LogP contribution in [0.25, 0.3) is 10.9 Å². The lowest BCUT2D eigenvalue weighted by Crippen LogP contribution is -2.16. The highest BCUT2D eigenvalue weighted by molar-refractivity contribution is 8.00. The monoisotopic (exact) mass is 399 g/mol. The Labute approximate surface area is 153 Å². The van der Waals surface area contributed by atoms with Gasteiger partial charge in [0.2, 0.25) is 11.7 Å². The van der Waals surface area contributed by atoms with Crippen LogP contribution < -0.4 is 5.32 Å². The summed E-state index contributed by atoms with van der Waals surface area (Å²) >= 11 is 0.757. The summed E-state index contributed by atoms with van der Waals surface area (Å²) in [6.45, 7) is 0. The molecule has 0 aliphatic rings. The molecule has 0 aliphatic carbocycles. The molecule has 1 amide bonds. The minimum atomic E-state index is -4.74. The number of nitrogens with zero attached hydrogens (tertiary/aromatic N) is 2. The standard InChI is InChI=1S/C17H10F5N3OS/c18-9-5-6-13(11(19)7-9)23-14(26)8-27-15-10-3-1-2-4-12(10)24-16(25-15)17(20,21)22/h1-7H,8H2,(H,23,26). The largest absolute Gasteiger partial charge is 0.451 e. The SMILES string of the molecule is O=C(CSc1nc(C(F)(F)F)nc2ccccc12)Nc1ccc(F)cc1F. The Hall–Kier alpha value is -2.75. The Kier molecular flexibility index (Phi) is 5.26. The van der Waals surface area contributed by atoms with E-state index in [4.69, 9.17) is 0 Å². The van der Waals surface area contributed by atoms with Gasteiger partial charge in [-0.1, -0.05) is 30.0 Å². The molecular weight excluding hydrogens is 389 g/mol. The summed E-state index contributed by atoms with van der Waals surface area (Å²) in [5, 5.41) is 2.57. The maximum absolute atomic E-state index is 13.6. The fourth-order valence-electron chi connectivity index (χ4n) is 2.20. The molecule has 2 aromatic carbocycles. The molecule has 0 aliphatic heterocycles. The number of carbonyl (C=O) groups is 1. The maximum atomic E-state index is 13.6. The normalized spacial score (nSPS) is 11.6. The molecule has 0 unspecified atom stereocenters. The molecule has 0 saturated heterocycles. The first kappa shape index (κ1) is 19.0. The van der Waals surface area contributed by atoms with Gasteiger partial charge in [0, 0.05) is 11.5 Å². The number of amides is 1. The average Bonchev–Trinajstić information content (AvgIpc) is 2.61. The van der Waals surface area contributed by atoms with Crippen molar-refractivity contribution in [2.24, 2.45) is 0 Å². The molecular formula is C17H10F5N3OS. The number of thioether (sulfide) groups is 1. The third-order valence-electron chi connectivity index (χ3n) is 3.37. The highest BCUT2D eigenvalue weighted by Crippen LogP contribution is 2.32. The van der Waals surface area contributed by atoms with Crippen molar-refractivity contribution in [3.05, 3.63) is 59.9 Å². The summed E-state index contributed by atoms with van der Waals surface area (Å²) < 4.78 is 65.4. The van der Waals surface area contributed by atoms with Crippen molar-refractivity contribution in [2.75, 3.05) is 11.1 Å². The van der Waals surface area contributed by atoms with Gasteiger partial charge in [-0.3, -0.25) is 4.79 Å². The first-order valence-corrected chi connectivity index (χ1v) is 8.44. The van der Waals surface area contributed by atoms with Gasteiger partial charge in [0.15, 0.2) is 0 Å². The van der Waals surface area contributed by atoms with Gasteiger partial charge < -0.3 is 5.32 Å². The number of benzene rings is 2. The van der Waals surface area contributed by atoms with Crippen LogP contribution in [0.15, 0.2) is 47.5 Å². The predicted octanol–water partition coefficient (Wildman–Crippen LogP) is 4.66. The zero-order chi connectivity index (χ0) is 19.6. The van der Waals surface area contributed by atoms with Crippen molar-refractivity contribution in [3.8, 4) is 0 Å². The number of hydrogen-bond acceptors (Lipinski definition) is 4. The molecule has 3 aromatic rings. The van der Waals surface area contributed by atoms with Crippen molar-refractivity contribution in [2.45, 2.75) is 11.2 Å². The van der Waals surface area contributed by atoms with E-state index < -0.39 is 29.5 Å². The van der Waals surface area contributed by atoms with Crippen LogP contribution in [0.5, 0.6) is 0 Å². The van der Waals surface area contributed by atoms with Crippen LogP contribution in [0.4, 0.5) is 27.6 Å². The maximum Gasteiger partial charge on any atom is 0.451 e. The second-order valence-electron chi connectivity index (χ2n) is 5.33. The molecule has 1 heterocycles. The first-order chi connectivity index (χ1) is 12.7. The van der Waals surface area contributed by atoms with Crippen LogP contribution >= 0.6 is 11.8 Å². The van der Waals surface area contributed by atoms with Gasteiger partial charge in [0.25, 0.3) is 0 Å². The smallest absolute Gasteiger partial charge is 0.323 e. The van der Waals surface area contributed by atoms with Crippen molar-refractivity contribution in [1.29, 1.82) is 0 Å². The summed E-state index contributed by atoms with van der Waals surface area (Å²) in [4.78, 5) is 19.0. The minimum Gasteiger partial charge on any atom is -0.323 e.